The molecule has 1 fully saturated rings. The predicted octanol–water partition coefficient (Wildman–Crippen LogP) is 3.75. The minimum Gasteiger partial charge on any atom is -0.337 e. The average molecular weight is 366 g/mol. The zero-order chi connectivity index (χ0) is 18.6. The highest BCUT2D eigenvalue weighted by Gasteiger charge is 2.26. The van der Waals surface area contributed by atoms with E-state index in [4.69, 9.17) is 4.52 Å². The second kappa shape index (κ2) is 7.98. The van der Waals surface area contributed by atoms with Gasteiger partial charge >= 0.3 is 0 Å². The first kappa shape index (κ1) is 17.8. The van der Waals surface area contributed by atoms with Crippen molar-refractivity contribution in [3.05, 3.63) is 71.9 Å². The lowest BCUT2D eigenvalue weighted by atomic mass is 10.1. The number of piperazine rings is 1. The minimum absolute atomic E-state index is 0.0607. The summed E-state index contributed by atoms with van der Waals surface area (Å²) in [6.45, 7) is 6.29. The van der Waals surface area contributed by atoms with Crippen molar-refractivity contribution in [2.75, 3.05) is 26.2 Å². The van der Waals surface area contributed by atoms with Gasteiger partial charge in [0.05, 0.1) is 6.04 Å². The predicted molar refractivity (Wildman–Crippen MR) is 101 cm³/mol. The van der Waals surface area contributed by atoms with E-state index in [1.165, 1.54) is 6.07 Å². The molecular weight excluding hydrogens is 343 g/mol. The summed E-state index contributed by atoms with van der Waals surface area (Å²) < 4.78 is 19.4. The van der Waals surface area contributed by atoms with Gasteiger partial charge in [0, 0.05) is 43.9 Å². The number of rotatable bonds is 5. The van der Waals surface area contributed by atoms with Crippen LogP contribution in [-0.4, -0.2) is 46.1 Å². The van der Waals surface area contributed by atoms with Crippen LogP contribution in [-0.2, 0) is 6.54 Å². The molecule has 2 aromatic carbocycles. The Labute approximate surface area is 158 Å². The molecule has 0 amide bonds. The molecule has 2 heterocycles. The number of hydrogen-bond donors (Lipinski definition) is 0. The highest BCUT2D eigenvalue weighted by Crippen LogP contribution is 2.24. The Bertz CT molecular complexity index is 875. The summed E-state index contributed by atoms with van der Waals surface area (Å²) in [7, 11) is 0. The van der Waals surface area contributed by atoms with Gasteiger partial charge in [0.25, 0.3) is 0 Å². The monoisotopic (exact) mass is 366 g/mol. The van der Waals surface area contributed by atoms with Crippen molar-refractivity contribution in [2.45, 2.75) is 19.5 Å². The zero-order valence-electron chi connectivity index (χ0n) is 15.4. The molecule has 1 aromatic heterocycles. The van der Waals surface area contributed by atoms with E-state index in [-0.39, 0.29) is 11.9 Å². The van der Waals surface area contributed by atoms with Gasteiger partial charge in [-0.15, -0.1) is 0 Å². The van der Waals surface area contributed by atoms with Gasteiger partial charge in [0.15, 0.2) is 0 Å². The van der Waals surface area contributed by atoms with Crippen LogP contribution in [0.4, 0.5) is 4.39 Å². The Balaban J connectivity index is 1.36. The Kier molecular flexibility index (Phi) is 5.27. The third-order valence-electron chi connectivity index (χ3n) is 5.14. The molecule has 1 aliphatic heterocycles. The Hall–Kier alpha value is -2.57. The van der Waals surface area contributed by atoms with Gasteiger partial charge in [0.2, 0.25) is 11.7 Å². The van der Waals surface area contributed by atoms with E-state index in [1.54, 1.807) is 6.07 Å². The third kappa shape index (κ3) is 4.07. The van der Waals surface area contributed by atoms with Gasteiger partial charge in [-0.05, 0) is 13.0 Å². The Morgan fingerprint density at radius 2 is 1.70 bits per heavy atom. The van der Waals surface area contributed by atoms with Crippen LogP contribution in [0.5, 0.6) is 0 Å². The number of nitrogens with zero attached hydrogens (tertiary/aromatic N) is 4. The standard InChI is InChI=1S/C21H23FN4O/c1-16(21-23-20(24-27-21)17-7-3-2-4-8-17)26-13-11-25(12-14-26)15-18-9-5-6-10-19(18)22/h2-10,16H,11-15H2,1H3. The molecule has 3 aromatic rings. The van der Waals surface area contributed by atoms with E-state index in [0.29, 0.717) is 18.3 Å². The maximum absolute atomic E-state index is 13.8. The summed E-state index contributed by atoms with van der Waals surface area (Å²) in [6.07, 6.45) is 0. The van der Waals surface area contributed by atoms with E-state index in [9.17, 15) is 4.39 Å². The molecule has 0 bridgehead atoms. The topological polar surface area (TPSA) is 45.4 Å². The van der Waals surface area contributed by atoms with Crippen molar-refractivity contribution < 1.29 is 8.91 Å². The van der Waals surface area contributed by atoms with Crippen molar-refractivity contribution in [3.63, 3.8) is 0 Å². The fourth-order valence-corrected chi connectivity index (χ4v) is 3.44. The van der Waals surface area contributed by atoms with Crippen LogP contribution in [0.25, 0.3) is 11.4 Å². The second-order valence-corrected chi connectivity index (χ2v) is 6.90. The molecule has 1 atom stereocenters. The summed E-state index contributed by atoms with van der Waals surface area (Å²) in [5.74, 6) is 1.12. The lowest BCUT2D eigenvalue weighted by Crippen LogP contribution is -2.46. The molecule has 0 spiro atoms. The molecule has 0 aliphatic carbocycles. The molecule has 140 valence electrons. The quantitative estimate of drug-likeness (QED) is 0.688. The van der Waals surface area contributed by atoms with Crippen LogP contribution in [0.3, 0.4) is 0 Å². The summed E-state index contributed by atoms with van der Waals surface area (Å²) >= 11 is 0. The van der Waals surface area contributed by atoms with Crippen LogP contribution < -0.4 is 0 Å². The first-order valence-electron chi connectivity index (χ1n) is 9.29. The molecule has 0 N–H and O–H groups in total. The van der Waals surface area contributed by atoms with Crippen molar-refractivity contribution >= 4 is 0 Å². The van der Waals surface area contributed by atoms with Gasteiger partial charge in [0.1, 0.15) is 5.82 Å². The molecule has 0 saturated carbocycles. The summed E-state index contributed by atoms with van der Waals surface area (Å²) in [5.41, 5.74) is 1.71. The lowest BCUT2D eigenvalue weighted by molar-refractivity contribution is 0.0839. The SMILES string of the molecule is CC(c1nc(-c2ccccc2)no1)N1CCN(Cc2ccccc2F)CC1. The highest BCUT2D eigenvalue weighted by atomic mass is 19.1. The number of halogens is 1. The van der Waals surface area contributed by atoms with Gasteiger partial charge in [-0.1, -0.05) is 53.7 Å². The zero-order valence-corrected chi connectivity index (χ0v) is 15.4. The number of benzene rings is 2. The average Bonchev–Trinajstić information content (AvgIpc) is 3.21. The molecule has 27 heavy (non-hydrogen) atoms. The molecule has 1 saturated heterocycles. The van der Waals surface area contributed by atoms with Crippen LogP contribution in [0.15, 0.2) is 59.1 Å². The molecule has 1 unspecified atom stereocenters. The Morgan fingerprint density at radius 1 is 1.00 bits per heavy atom. The van der Waals surface area contributed by atoms with Crippen molar-refractivity contribution in [2.24, 2.45) is 0 Å². The molecule has 1 aliphatic rings. The van der Waals surface area contributed by atoms with E-state index in [2.05, 4.69) is 26.9 Å². The third-order valence-corrected chi connectivity index (χ3v) is 5.14. The fraction of sp³-hybridized carbons (Fsp3) is 0.333. The van der Waals surface area contributed by atoms with E-state index >= 15 is 0 Å². The van der Waals surface area contributed by atoms with Crippen LogP contribution >= 0.6 is 0 Å². The maximum Gasteiger partial charge on any atom is 0.244 e. The van der Waals surface area contributed by atoms with Crippen LogP contribution in [0.1, 0.15) is 24.4 Å². The highest BCUT2D eigenvalue weighted by molar-refractivity contribution is 5.53. The first-order valence-corrected chi connectivity index (χ1v) is 9.29. The largest absolute Gasteiger partial charge is 0.337 e. The summed E-state index contributed by atoms with van der Waals surface area (Å²) in [5, 5.41) is 4.12. The number of hydrogen-bond acceptors (Lipinski definition) is 5. The Morgan fingerprint density at radius 3 is 2.44 bits per heavy atom. The van der Waals surface area contributed by atoms with Crippen LogP contribution in [0, 0.1) is 5.82 Å². The first-order chi connectivity index (χ1) is 13.2. The maximum atomic E-state index is 13.8. The van der Waals surface area contributed by atoms with Crippen LogP contribution in [0.2, 0.25) is 0 Å². The summed E-state index contributed by atoms with van der Waals surface area (Å²) in [6, 6.07) is 16.9. The molecule has 6 heteroatoms. The second-order valence-electron chi connectivity index (χ2n) is 6.90. The van der Waals surface area contributed by atoms with Gasteiger partial charge in [-0.3, -0.25) is 9.80 Å². The summed E-state index contributed by atoms with van der Waals surface area (Å²) in [4.78, 5) is 9.19. The molecular formula is C21H23FN4O. The van der Waals surface area contributed by atoms with E-state index in [0.717, 1.165) is 37.3 Å². The fourth-order valence-electron chi connectivity index (χ4n) is 3.44. The lowest BCUT2D eigenvalue weighted by Gasteiger charge is -2.36. The smallest absolute Gasteiger partial charge is 0.244 e. The van der Waals surface area contributed by atoms with Crippen molar-refractivity contribution in [3.8, 4) is 11.4 Å². The van der Waals surface area contributed by atoms with Crippen molar-refractivity contribution in [1.82, 2.24) is 19.9 Å². The molecule has 0 radical (unpaired) electrons. The minimum atomic E-state index is -0.132. The van der Waals surface area contributed by atoms with E-state index in [1.807, 2.05) is 42.5 Å². The number of aromatic nitrogens is 2. The van der Waals surface area contributed by atoms with Gasteiger partial charge in [-0.2, -0.15) is 4.98 Å². The van der Waals surface area contributed by atoms with Crippen molar-refractivity contribution in [1.29, 1.82) is 0 Å². The molecule has 5 nitrogen and oxygen atoms in total. The normalized spacial score (nSPS) is 17.1. The molecule has 4 rings (SSSR count). The van der Waals surface area contributed by atoms with Gasteiger partial charge in [-0.25, -0.2) is 4.39 Å². The van der Waals surface area contributed by atoms with E-state index < -0.39 is 0 Å². The van der Waals surface area contributed by atoms with Gasteiger partial charge < -0.3 is 4.52 Å².